The SMILES string of the molecule is Cc1ccccc1NC(=S)N[C@H](C)[C@@H](c1cccs1)N1CCOCC1. The fourth-order valence-corrected chi connectivity index (χ4v) is 4.47. The summed E-state index contributed by atoms with van der Waals surface area (Å²) in [6.45, 7) is 7.77. The largest absolute Gasteiger partial charge is 0.379 e. The molecule has 2 atom stereocenters. The van der Waals surface area contributed by atoms with Crippen LogP contribution in [-0.2, 0) is 4.74 Å². The minimum Gasteiger partial charge on any atom is -0.379 e. The molecule has 0 spiro atoms. The van der Waals surface area contributed by atoms with Crippen molar-refractivity contribution < 1.29 is 4.74 Å². The fourth-order valence-electron chi connectivity index (χ4n) is 3.22. The first kappa shape index (κ1) is 18.3. The van der Waals surface area contributed by atoms with Gasteiger partial charge in [-0.25, -0.2) is 0 Å². The van der Waals surface area contributed by atoms with Gasteiger partial charge in [0.2, 0.25) is 0 Å². The van der Waals surface area contributed by atoms with E-state index >= 15 is 0 Å². The third-order valence-corrected chi connectivity index (χ3v) is 5.66. The molecule has 1 aliphatic heterocycles. The molecule has 0 amide bonds. The molecule has 1 saturated heterocycles. The Hall–Kier alpha value is -1.47. The number of hydrogen-bond acceptors (Lipinski definition) is 4. The first-order valence-electron chi connectivity index (χ1n) is 8.63. The molecule has 0 radical (unpaired) electrons. The second-order valence-electron chi connectivity index (χ2n) is 6.31. The molecule has 0 unspecified atom stereocenters. The lowest BCUT2D eigenvalue weighted by molar-refractivity contribution is 0.0110. The van der Waals surface area contributed by atoms with Crippen LogP contribution in [0.15, 0.2) is 41.8 Å². The Morgan fingerprint density at radius 1 is 1.20 bits per heavy atom. The second-order valence-corrected chi connectivity index (χ2v) is 7.70. The Labute approximate surface area is 159 Å². The van der Waals surface area contributed by atoms with Crippen LogP contribution in [0.25, 0.3) is 0 Å². The molecule has 1 aromatic heterocycles. The van der Waals surface area contributed by atoms with E-state index in [4.69, 9.17) is 17.0 Å². The van der Waals surface area contributed by atoms with Crippen LogP contribution in [0.5, 0.6) is 0 Å². The van der Waals surface area contributed by atoms with E-state index in [0.717, 1.165) is 32.0 Å². The first-order chi connectivity index (χ1) is 12.1. The molecular formula is C19H25N3OS2. The zero-order valence-electron chi connectivity index (χ0n) is 14.7. The van der Waals surface area contributed by atoms with Gasteiger partial charge in [-0.1, -0.05) is 24.3 Å². The lowest BCUT2D eigenvalue weighted by Crippen LogP contribution is -2.49. The number of rotatable bonds is 5. The zero-order valence-corrected chi connectivity index (χ0v) is 16.3. The highest BCUT2D eigenvalue weighted by Gasteiger charge is 2.28. The van der Waals surface area contributed by atoms with E-state index in [2.05, 4.69) is 53.0 Å². The number of hydrogen-bond donors (Lipinski definition) is 2. The summed E-state index contributed by atoms with van der Waals surface area (Å²) in [6.07, 6.45) is 0. The number of thiocarbonyl (C=S) groups is 1. The van der Waals surface area contributed by atoms with Gasteiger partial charge in [-0.15, -0.1) is 11.3 Å². The molecular weight excluding hydrogens is 350 g/mol. The van der Waals surface area contributed by atoms with Crippen LogP contribution < -0.4 is 10.6 Å². The summed E-state index contributed by atoms with van der Waals surface area (Å²) in [5, 5.41) is 9.61. The third-order valence-electron chi connectivity index (χ3n) is 4.50. The van der Waals surface area contributed by atoms with Crippen molar-refractivity contribution in [1.29, 1.82) is 0 Å². The number of ether oxygens (including phenoxy) is 1. The number of anilines is 1. The summed E-state index contributed by atoms with van der Waals surface area (Å²) in [6, 6.07) is 13.0. The topological polar surface area (TPSA) is 36.5 Å². The normalized spacial score (nSPS) is 17.7. The Kier molecular flexibility index (Phi) is 6.42. The standard InChI is InChI=1S/C19H25N3OS2/c1-14-6-3-4-7-16(14)21-19(24)20-15(2)18(17-8-5-13-25-17)22-9-11-23-12-10-22/h3-8,13,15,18H,9-12H2,1-2H3,(H2,20,21,24)/t15-,18+/m1/s1. The van der Waals surface area contributed by atoms with E-state index in [0.29, 0.717) is 11.2 Å². The van der Waals surface area contributed by atoms with Gasteiger partial charge in [0, 0.05) is 29.7 Å². The molecule has 2 aromatic rings. The maximum Gasteiger partial charge on any atom is 0.171 e. The van der Waals surface area contributed by atoms with Crippen LogP contribution >= 0.6 is 23.6 Å². The van der Waals surface area contributed by atoms with E-state index in [9.17, 15) is 0 Å². The summed E-state index contributed by atoms with van der Waals surface area (Å²) in [4.78, 5) is 3.85. The zero-order chi connectivity index (χ0) is 17.6. The molecule has 3 rings (SSSR count). The number of para-hydroxylation sites is 1. The monoisotopic (exact) mass is 375 g/mol. The highest BCUT2D eigenvalue weighted by Crippen LogP contribution is 2.29. The summed E-state index contributed by atoms with van der Waals surface area (Å²) in [5.74, 6) is 0. The Morgan fingerprint density at radius 2 is 1.96 bits per heavy atom. The summed E-state index contributed by atoms with van der Waals surface area (Å²) >= 11 is 7.36. The summed E-state index contributed by atoms with van der Waals surface area (Å²) in [7, 11) is 0. The quantitative estimate of drug-likeness (QED) is 0.778. The molecule has 25 heavy (non-hydrogen) atoms. The molecule has 134 valence electrons. The van der Waals surface area contributed by atoms with Crippen LogP contribution in [-0.4, -0.2) is 42.4 Å². The van der Waals surface area contributed by atoms with E-state index in [1.807, 2.05) is 18.2 Å². The smallest absolute Gasteiger partial charge is 0.171 e. The number of nitrogens with zero attached hydrogens (tertiary/aromatic N) is 1. The van der Waals surface area contributed by atoms with Gasteiger partial charge in [0.25, 0.3) is 0 Å². The van der Waals surface area contributed by atoms with Gasteiger partial charge in [-0.05, 0) is 49.1 Å². The molecule has 1 aromatic carbocycles. The van der Waals surface area contributed by atoms with Crippen LogP contribution in [0.4, 0.5) is 5.69 Å². The molecule has 2 N–H and O–H groups in total. The minimum absolute atomic E-state index is 0.195. The van der Waals surface area contributed by atoms with Gasteiger partial charge in [0.1, 0.15) is 0 Å². The number of benzene rings is 1. The van der Waals surface area contributed by atoms with Crippen LogP contribution in [0.2, 0.25) is 0 Å². The van der Waals surface area contributed by atoms with E-state index in [1.54, 1.807) is 11.3 Å². The highest BCUT2D eigenvalue weighted by molar-refractivity contribution is 7.80. The average molecular weight is 376 g/mol. The predicted molar refractivity (Wildman–Crippen MR) is 109 cm³/mol. The number of nitrogens with one attached hydrogen (secondary N) is 2. The summed E-state index contributed by atoms with van der Waals surface area (Å²) in [5.41, 5.74) is 2.23. The number of thiophene rings is 1. The lowest BCUT2D eigenvalue weighted by atomic mass is 10.1. The van der Waals surface area contributed by atoms with Gasteiger partial charge in [0.05, 0.1) is 19.3 Å². The van der Waals surface area contributed by atoms with E-state index < -0.39 is 0 Å². The highest BCUT2D eigenvalue weighted by atomic mass is 32.1. The molecule has 6 heteroatoms. The Bertz CT molecular complexity index is 684. The molecule has 2 heterocycles. The Balaban J connectivity index is 1.68. The molecule has 0 bridgehead atoms. The van der Waals surface area contributed by atoms with Crippen molar-refractivity contribution in [2.75, 3.05) is 31.6 Å². The van der Waals surface area contributed by atoms with Gasteiger partial charge in [-0.3, -0.25) is 4.90 Å². The molecule has 4 nitrogen and oxygen atoms in total. The van der Waals surface area contributed by atoms with Gasteiger partial charge in [0.15, 0.2) is 5.11 Å². The van der Waals surface area contributed by atoms with Crippen LogP contribution in [0.3, 0.4) is 0 Å². The van der Waals surface area contributed by atoms with Crippen molar-refractivity contribution >= 4 is 34.4 Å². The van der Waals surface area contributed by atoms with Crippen molar-refractivity contribution in [1.82, 2.24) is 10.2 Å². The predicted octanol–water partition coefficient (Wildman–Crippen LogP) is 3.80. The minimum atomic E-state index is 0.195. The number of aryl methyl sites for hydroxylation is 1. The molecule has 1 fully saturated rings. The molecule has 0 saturated carbocycles. The van der Waals surface area contributed by atoms with Crippen molar-refractivity contribution in [3.05, 3.63) is 52.2 Å². The van der Waals surface area contributed by atoms with Gasteiger partial charge >= 0.3 is 0 Å². The first-order valence-corrected chi connectivity index (χ1v) is 9.92. The van der Waals surface area contributed by atoms with Crippen molar-refractivity contribution in [2.24, 2.45) is 0 Å². The number of morpholine rings is 1. The maximum atomic E-state index is 5.56. The van der Waals surface area contributed by atoms with E-state index in [-0.39, 0.29) is 6.04 Å². The average Bonchev–Trinajstić information content (AvgIpc) is 3.12. The van der Waals surface area contributed by atoms with Crippen LogP contribution in [0, 0.1) is 6.92 Å². The fraction of sp³-hybridized carbons (Fsp3) is 0.421. The molecule has 1 aliphatic rings. The van der Waals surface area contributed by atoms with Crippen LogP contribution in [0.1, 0.15) is 23.4 Å². The van der Waals surface area contributed by atoms with Crippen molar-refractivity contribution in [3.63, 3.8) is 0 Å². The Morgan fingerprint density at radius 3 is 2.64 bits per heavy atom. The van der Waals surface area contributed by atoms with Gasteiger partial charge < -0.3 is 15.4 Å². The molecule has 0 aliphatic carbocycles. The van der Waals surface area contributed by atoms with Gasteiger partial charge in [-0.2, -0.15) is 0 Å². The lowest BCUT2D eigenvalue weighted by Gasteiger charge is -2.38. The van der Waals surface area contributed by atoms with E-state index in [1.165, 1.54) is 10.4 Å². The van der Waals surface area contributed by atoms with Crippen molar-refractivity contribution in [2.45, 2.75) is 25.9 Å². The second kappa shape index (κ2) is 8.76. The summed E-state index contributed by atoms with van der Waals surface area (Å²) < 4.78 is 5.52. The third kappa shape index (κ3) is 4.79. The van der Waals surface area contributed by atoms with Crippen molar-refractivity contribution in [3.8, 4) is 0 Å². The maximum absolute atomic E-state index is 5.56.